The number of amides is 1. The summed E-state index contributed by atoms with van der Waals surface area (Å²) in [5.41, 5.74) is 1.78. The number of carbonyl (C=O) groups is 1. The molecule has 1 aliphatic carbocycles. The van der Waals surface area contributed by atoms with Crippen LogP contribution < -0.4 is 4.90 Å². The highest BCUT2D eigenvalue weighted by Crippen LogP contribution is 2.48. The highest BCUT2D eigenvalue weighted by molar-refractivity contribution is 5.91. The highest BCUT2D eigenvalue weighted by atomic mass is 19.1. The zero-order chi connectivity index (χ0) is 12.7. The third-order valence-electron chi connectivity index (χ3n) is 4.08. The zero-order valence-corrected chi connectivity index (χ0v) is 10.4. The van der Waals surface area contributed by atoms with Crippen molar-refractivity contribution in [2.75, 3.05) is 12.0 Å². The summed E-state index contributed by atoms with van der Waals surface area (Å²) in [6, 6.07) is 4.88. The standard InChI is InChI=1S/C14H16FNO2/c1-18-14(17)16-12-5-3-2-4-10(12)11-7-6-9(15)8-13(11)16/h6-8,10,12H,2-5H2,1H3/t10-,12+/m0/s1. The Bertz CT molecular complexity index is 489. The SMILES string of the molecule is COC(=O)N1c2cc(F)ccc2[C@@H]2CCCC[C@H]21. The molecule has 3 rings (SSSR count). The molecule has 0 bridgehead atoms. The van der Waals surface area contributed by atoms with Gasteiger partial charge in [-0.2, -0.15) is 0 Å². The zero-order valence-electron chi connectivity index (χ0n) is 10.4. The minimum absolute atomic E-state index is 0.142. The van der Waals surface area contributed by atoms with Gasteiger partial charge in [-0.25, -0.2) is 9.18 Å². The molecule has 1 aromatic rings. The van der Waals surface area contributed by atoms with E-state index in [4.69, 9.17) is 4.74 Å². The summed E-state index contributed by atoms with van der Waals surface area (Å²) < 4.78 is 18.2. The molecule has 18 heavy (non-hydrogen) atoms. The lowest BCUT2D eigenvalue weighted by Crippen LogP contribution is -2.40. The third-order valence-corrected chi connectivity index (χ3v) is 4.08. The fourth-order valence-electron chi connectivity index (χ4n) is 3.33. The number of ether oxygens (including phenoxy) is 1. The van der Waals surface area contributed by atoms with Crippen LogP contribution in [0.25, 0.3) is 0 Å². The van der Waals surface area contributed by atoms with Gasteiger partial charge in [-0.1, -0.05) is 18.9 Å². The Morgan fingerprint density at radius 2 is 2.17 bits per heavy atom. The van der Waals surface area contributed by atoms with Crippen LogP contribution in [-0.2, 0) is 4.74 Å². The van der Waals surface area contributed by atoms with Crippen molar-refractivity contribution in [3.05, 3.63) is 29.6 Å². The Morgan fingerprint density at radius 3 is 2.94 bits per heavy atom. The van der Waals surface area contributed by atoms with E-state index in [-0.39, 0.29) is 18.0 Å². The molecule has 0 N–H and O–H groups in total. The van der Waals surface area contributed by atoms with E-state index in [1.54, 1.807) is 4.90 Å². The van der Waals surface area contributed by atoms with E-state index < -0.39 is 0 Å². The van der Waals surface area contributed by atoms with Gasteiger partial charge in [0.05, 0.1) is 12.8 Å². The van der Waals surface area contributed by atoms with Gasteiger partial charge in [0.2, 0.25) is 0 Å². The van der Waals surface area contributed by atoms with E-state index in [1.165, 1.54) is 25.7 Å². The summed E-state index contributed by atoms with van der Waals surface area (Å²) >= 11 is 0. The molecule has 1 saturated carbocycles. The van der Waals surface area contributed by atoms with Crippen molar-refractivity contribution in [1.82, 2.24) is 0 Å². The average molecular weight is 249 g/mol. The third kappa shape index (κ3) is 1.59. The minimum atomic E-state index is -0.378. The maximum Gasteiger partial charge on any atom is 0.414 e. The molecule has 2 atom stereocenters. The predicted molar refractivity (Wildman–Crippen MR) is 66.3 cm³/mol. The second-order valence-electron chi connectivity index (χ2n) is 5.00. The first-order valence-corrected chi connectivity index (χ1v) is 6.39. The fraction of sp³-hybridized carbons (Fsp3) is 0.500. The molecule has 0 spiro atoms. The molecule has 1 amide bonds. The van der Waals surface area contributed by atoms with Crippen LogP contribution in [0.5, 0.6) is 0 Å². The van der Waals surface area contributed by atoms with Gasteiger partial charge in [-0.15, -0.1) is 0 Å². The van der Waals surface area contributed by atoms with Gasteiger partial charge < -0.3 is 4.74 Å². The number of methoxy groups -OCH3 is 1. The summed E-state index contributed by atoms with van der Waals surface area (Å²) in [4.78, 5) is 13.6. The Morgan fingerprint density at radius 1 is 1.39 bits per heavy atom. The lowest BCUT2D eigenvalue weighted by atomic mass is 9.82. The molecule has 1 aliphatic heterocycles. The maximum atomic E-state index is 13.4. The first-order valence-electron chi connectivity index (χ1n) is 6.39. The topological polar surface area (TPSA) is 29.5 Å². The van der Waals surface area contributed by atoms with Crippen LogP contribution in [0.3, 0.4) is 0 Å². The molecular weight excluding hydrogens is 233 g/mol. The largest absolute Gasteiger partial charge is 0.452 e. The number of rotatable bonds is 0. The van der Waals surface area contributed by atoms with Crippen molar-refractivity contribution in [1.29, 1.82) is 0 Å². The van der Waals surface area contributed by atoms with E-state index in [9.17, 15) is 9.18 Å². The molecular formula is C14H16FNO2. The van der Waals surface area contributed by atoms with Crippen molar-refractivity contribution >= 4 is 11.8 Å². The van der Waals surface area contributed by atoms with E-state index >= 15 is 0 Å². The van der Waals surface area contributed by atoms with Gasteiger partial charge in [-0.05, 0) is 30.5 Å². The van der Waals surface area contributed by atoms with Gasteiger partial charge in [0, 0.05) is 12.0 Å². The first kappa shape index (κ1) is 11.5. The van der Waals surface area contributed by atoms with E-state index in [0.29, 0.717) is 11.6 Å². The normalized spacial score (nSPS) is 25.6. The molecule has 2 aliphatic rings. The number of benzene rings is 1. The van der Waals surface area contributed by atoms with Gasteiger partial charge >= 0.3 is 6.09 Å². The Labute approximate surface area is 106 Å². The van der Waals surface area contributed by atoms with Crippen molar-refractivity contribution in [3.63, 3.8) is 0 Å². The van der Waals surface area contributed by atoms with Crippen molar-refractivity contribution in [2.24, 2.45) is 0 Å². The number of halogens is 1. The number of anilines is 1. The van der Waals surface area contributed by atoms with Crippen LogP contribution >= 0.6 is 0 Å². The quantitative estimate of drug-likeness (QED) is 0.705. The Balaban J connectivity index is 2.08. The van der Waals surface area contributed by atoms with Crippen molar-refractivity contribution in [2.45, 2.75) is 37.6 Å². The molecule has 0 aromatic heterocycles. The fourth-order valence-corrected chi connectivity index (χ4v) is 3.33. The van der Waals surface area contributed by atoms with Crippen LogP contribution in [0.4, 0.5) is 14.9 Å². The molecule has 0 saturated heterocycles. The number of nitrogens with zero attached hydrogens (tertiary/aromatic N) is 1. The van der Waals surface area contributed by atoms with Gasteiger partial charge in [0.1, 0.15) is 5.82 Å². The van der Waals surface area contributed by atoms with E-state index in [0.717, 1.165) is 24.8 Å². The highest BCUT2D eigenvalue weighted by Gasteiger charge is 2.43. The van der Waals surface area contributed by atoms with Gasteiger partial charge in [0.25, 0.3) is 0 Å². The Kier molecular flexibility index (Phi) is 2.73. The number of hydrogen-bond acceptors (Lipinski definition) is 2. The first-order chi connectivity index (χ1) is 8.72. The predicted octanol–water partition coefficient (Wildman–Crippen LogP) is 3.44. The molecule has 96 valence electrons. The smallest absolute Gasteiger partial charge is 0.414 e. The summed E-state index contributed by atoms with van der Waals surface area (Å²) in [5.74, 6) is 0.0368. The van der Waals surface area contributed by atoms with E-state index in [2.05, 4.69) is 0 Å². The minimum Gasteiger partial charge on any atom is -0.452 e. The number of fused-ring (bicyclic) bond motifs is 3. The van der Waals surface area contributed by atoms with Crippen LogP contribution in [0, 0.1) is 5.82 Å². The van der Waals surface area contributed by atoms with Crippen LogP contribution in [0.2, 0.25) is 0 Å². The maximum absolute atomic E-state index is 13.4. The number of carbonyl (C=O) groups excluding carboxylic acids is 1. The molecule has 1 heterocycles. The summed E-state index contributed by atoms with van der Waals surface area (Å²) in [7, 11) is 1.37. The average Bonchev–Trinajstić information content (AvgIpc) is 2.71. The molecule has 3 nitrogen and oxygen atoms in total. The van der Waals surface area contributed by atoms with Crippen LogP contribution in [-0.4, -0.2) is 19.2 Å². The van der Waals surface area contributed by atoms with Crippen molar-refractivity contribution in [3.8, 4) is 0 Å². The number of hydrogen-bond donors (Lipinski definition) is 0. The molecule has 0 radical (unpaired) electrons. The molecule has 4 heteroatoms. The van der Waals surface area contributed by atoms with Gasteiger partial charge in [0.15, 0.2) is 0 Å². The van der Waals surface area contributed by atoms with Crippen LogP contribution in [0.1, 0.15) is 37.2 Å². The lowest BCUT2D eigenvalue weighted by Gasteiger charge is -2.31. The Hall–Kier alpha value is -1.58. The van der Waals surface area contributed by atoms with Crippen molar-refractivity contribution < 1.29 is 13.9 Å². The molecule has 1 aromatic carbocycles. The summed E-state index contributed by atoms with van der Waals surface area (Å²) in [5, 5.41) is 0. The molecule has 1 fully saturated rings. The monoisotopic (exact) mass is 249 g/mol. The van der Waals surface area contributed by atoms with E-state index in [1.807, 2.05) is 6.07 Å². The summed E-state index contributed by atoms with van der Waals surface area (Å²) in [6.45, 7) is 0. The van der Waals surface area contributed by atoms with Gasteiger partial charge in [-0.3, -0.25) is 4.90 Å². The van der Waals surface area contributed by atoms with Crippen LogP contribution in [0.15, 0.2) is 18.2 Å². The second kappa shape index (κ2) is 4.26. The lowest BCUT2D eigenvalue weighted by molar-refractivity contribution is 0.174. The summed E-state index contributed by atoms with van der Waals surface area (Å²) in [6.07, 6.45) is 3.95. The second-order valence-corrected chi connectivity index (χ2v) is 5.00. The molecule has 0 unspecified atom stereocenters.